The lowest BCUT2D eigenvalue weighted by atomic mass is 10.2. The average molecular weight is 391 g/mol. The number of hydrogen-bond donors (Lipinski definition) is 3. The third kappa shape index (κ3) is 6.08. The number of carbonyl (C=O) groups excluding carboxylic acids is 2. The van der Waals surface area contributed by atoms with Crippen molar-refractivity contribution in [2.75, 3.05) is 23.5 Å². The fourth-order valence-electron chi connectivity index (χ4n) is 2.20. The van der Waals surface area contributed by atoms with Crippen molar-refractivity contribution in [3.63, 3.8) is 0 Å². The zero-order valence-corrected chi connectivity index (χ0v) is 15.5. The molecular weight excluding hydrogens is 370 g/mol. The molecule has 4 N–H and O–H groups in total. The number of sulfone groups is 1. The first-order valence-corrected chi connectivity index (χ1v) is 9.76. The minimum atomic E-state index is -3.62. The molecule has 9 heteroatoms. The Morgan fingerprint density at radius 3 is 2.19 bits per heavy atom. The molecule has 2 aromatic carbocycles. The van der Waals surface area contributed by atoms with Crippen molar-refractivity contribution < 1.29 is 22.7 Å². The van der Waals surface area contributed by atoms with Gasteiger partial charge < -0.3 is 15.8 Å². The number of nitrogens with one attached hydrogen (secondary N) is 2. The van der Waals surface area contributed by atoms with Crippen molar-refractivity contribution >= 4 is 33.2 Å². The third-order valence-electron chi connectivity index (χ3n) is 3.72. The Morgan fingerprint density at radius 1 is 1.00 bits per heavy atom. The van der Waals surface area contributed by atoms with Crippen molar-refractivity contribution in [2.45, 2.75) is 17.4 Å². The van der Waals surface area contributed by atoms with Crippen molar-refractivity contribution in [1.29, 1.82) is 0 Å². The summed E-state index contributed by atoms with van der Waals surface area (Å²) in [7, 11) is -2.39. The monoisotopic (exact) mass is 391 g/mol. The molecule has 0 aliphatic carbocycles. The summed E-state index contributed by atoms with van der Waals surface area (Å²) in [6.45, 7) is 0. The lowest BCUT2D eigenvalue weighted by molar-refractivity contribution is -0.117. The molecule has 1 unspecified atom stereocenters. The Morgan fingerprint density at radius 2 is 1.59 bits per heavy atom. The Balaban J connectivity index is 1.93. The van der Waals surface area contributed by atoms with E-state index in [0.29, 0.717) is 11.4 Å². The van der Waals surface area contributed by atoms with Gasteiger partial charge in [-0.25, -0.2) is 13.2 Å². The van der Waals surface area contributed by atoms with E-state index in [1.165, 1.54) is 31.4 Å². The van der Waals surface area contributed by atoms with Crippen LogP contribution < -0.4 is 16.4 Å². The molecule has 0 aromatic heterocycles. The summed E-state index contributed by atoms with van der Waals surface area (Å²) >= 11 is 0. The van der Waals surface area contributed by atoms with Gasteiger partial charge in [-0.05, 0) is 42.8 Å². The van der Waals surface area contributed by atoms with Gasteiger partial charge in [0.2, 0.25) is 5.91 Å². The van der Waals surface area contributed by atoms with Gasteiger partial charge in [0.25, 0.3) is 0 Å². The van der Waals surface area contributed by atoms with Crippen molar-refractivity contribution in [2.24, 2.45) is 5.73 Å². The predicted molar refractivity (Wildman–Crippen MR) is 102 cm³/mol. The summed E-state index contributed by atoms with van der Waals surface area (Å²) in [5, 5.41) is 5.07. The van der Waals surface area contributed by atoms with Gasteiger partial charge in [-0.1, -0.05) is 18.2 Å². The number of para-hydroxylation sites is 1. The summed E-state index contributed by atoms with van der Waals surface area (Å²) in [6, 6.07) is 13.5. The maximum atomic E-state index is 12.4. The number of methoxy groups -OCH3 is 1. The Hall–Kier alpha value is -2.91. The number of nitrogens with two attached hydrogens (primary N) is 1. The van der Waals surface area contributed by atoms with Crippen LogP contribution in [-0.2, 0) is 19.4 Å². The van der Waals surface area contributed by atoms with E-state index >= 15 is 0 Å². The second-order valence-electron chi connectivity index (χ2n) is 5.71. The van der Waals surface area contributed by atoms with Gasteiger partial charge in [0.15, 0.2) is 9.84 Å². The fourth-order valence-corrected chi connectivity index (χ4v) is 3.55. The van der Waals surface area contributed by atoms with E-state index in [9.17, 15) is 18.0 Å². The minimum absolute atomic E-state index is 0.0246. The van der Waals surface area contributed by atoms with Crippen LogP contribution in [0.1, 0.15) is 6.42 Å². The molecule has 0 fully saturated rings. The predicted octanol–water partition coefficient (Wildman–Crippen LogP) is 1.99. The summed E-state index contributed by atoms with van der Waals surface area (Å²) in [4.78, 5) is 23.3. The van der Waals surface area contributed by atoms with Gasteiger partial charge in [-0.2, -0.15) is 0 Å². The molecule has 8 nitrogen and oxygen atoms in total. The molecule has 0 saturated heterocycles. The highest BCUT2D eigenvalue weighted by Crippen LogP contribution is 2.17. The highest BCUT2D eigenvalue weighted by atomic mass is 32.2. The second-order valence-corrected chi connectivity index (χ2v) is 7.82. The molecule has 2 aromatic rings. The summed E-state index contributed by atoms with van der Waals surface area (Å²) in [5.41, 5.74) is 6.80. The first kappa shape index (κ1) is 20.4. The average Bonchev–Trinajstić information content (AvgIpc) is 2.67. The minimum Gasteiger partial charge on any atom is -0.453 e. The van der Waals surface area contributed by atoms with Crippen molar-refractivity contribution in [1.82, 2.24) is 0 Å². The SMILES string of the molecule is COC(=O)Nc1ccc(S(=O)(=O)CCC(N)C(=O)Nc2ccccc2)cc1. The van der Waals surface area contributed by atoms with Crippen LogP contribution in [0.25, 0.3) is 0 Å². The maximum absolute atomic E-state index is 12.4. The van der Waals surface area contributed by atoms with Gasteiger partial charge in [-0.3, -0.25) is 10.1 Å². The molecule has 2 rings (SSSR count). The van der Waals surface area contributed by atoms with Crippen LogP contribution in [0.4, 0.5) is 16.2 Å². The molecule has 2 amide bonds. The van der Waals surface area contributed by atoms with E-state index in [1.807, 2.05) is 6.07 Å². The van der Waals surface area contributed by atoms with Crippen LogP contribution in [0.2, 0.25) is 0 Å². The van der Waals surface area contributed by atoms with Gasteiger partial charge in [0, 0.05) is 11.4 Å². The van der Waals surface area contributed by atoms with Crippen LogP contribution in [0, 0.1) is 0 Å². The van der Waals surface area contributed by atoms with E-state index in [-0.39, 0.29) is 17.1 Å². The smallest absolute Gasteiger partial charge is 0.411 e. The Labute approximate surface area is 157 Å². The number of hydrogen-bond acceptors (Lipinski definition) is 6. The quantitative estimate of drug-likeness (QED) is 0.662. The first-order valence-electron chi connectivity index (χ1n) is 8.11. The molecule has 27 heavy (non-hydrogen) atoms. The standard InChI is InChI=1S/C18H21N3O5S/c1-26-18(23)21-14-7-9-15(10-8-14)27(24,25)12-11-16(19)17(22)20-13-5-3-2-4-6-13/h2-10,16H,11-12,19H2,1H3,(H,20,22)(H,21,23). The molecule has 0 bridgehead atoms. The second kappa shape index (κ2) is 9.15. The van der Waals surface area contributed by atoms with E-state index in [0.717, 1.165) is 0 Å². The molecule has 0 heterocycles. The maximum Gasteiger partial charge on any atom is 0.411 e. The van der Waals surface area contributed by atoms with Gasteiger partial charge >= 0.3 is 6.09 Å². The van der Waals surface area contributed by atoms with Crippen LogP contribution in [0.5, 0.6) is 0 Å². The normalized spacial score (nSPS) is 12.1. The number of rotatable bonds is 7. The Bertz CT molecular complexity index is 883. The van der Waals surface area contributed by atoms with Crippen LogP contribution in [-0.4, -0.2) is 39.3 Å². The van der Waals surface area contributed by atoms with Crippen LogP contribution in [0.3, 0.4) is 0 Å². The van der Waals surface area contributed by atoms with E-state index < -0.39 is 27.9 Å². The number of amides is 2. The van der Waals surface area contributed by atoms with Crippen molar-refractivity contribution in [3.05, 3.63) is 54.6 Å². The molecule has 0 aliphatic heterocycles. The highest BCUT2D eigenvalue weighted by Gasteiger charge is 2.20. The third-order valence-corrected chi connectivity index (χ3v) is 5.48. The summed E-state index contributed by atoms with van der Waals surface area (Å²) in [6.07, 6.45) is -0.676. The molecule has 0 aliphatic rings. The summed E-state index contributed by atoms with van der Waals surface area (Å²) in [5.74, 6) is -0.728. The number of anilines is 2. The molecular formula is C18H21N3O5S. The van der Waals surface area contributed by atoms with Gasteiger partial charge in [0.05, 0.1) is 23.8 Å². The van der Waals surface area contributed by atoms with Crippen LogP contribution in [0.15, 0.2) is 59.5 Å². The molecule has 0 spiro atoms. The first-order chi connectivity index (χ1) is 12.8. The topological polar surface area (TPSA) is 128 Å². The fraction of sp³-hybridized carbons (Fsp3) is 0.222. The Kier molecular flexibility index (Phi) is 6.91. The molecule has 0 radical (unpaired) electrons. The van der Waals surface area contributed by atoms with Crippen molar-refractivity contribution in [3.8, 4) is 0 Å². The van der Waals surface area contributed by atoms with E-state index in [1.54, 1.807) is 24.3 Å². The van der Waals surface area contributed by atoms with Gasteiger partial charge in [-0.15, -0.1) is 0 Å². The highest BCUT2D eigenvalue weighted by molar-refractivity contribution is 7.91. The molecule has 144 valence electrons. The number of benzene rings is 2. The molecule has 1 atom stereocenters. The van der Waals surface area contributed by atoms with Gasteiger partial charge in [0.1, 0.15) is 0 Å². The van der Waals surface area contributed by atoms with Crippen LogP contribution >= 0.6 is 0 Å². The van der Waals surface area contributed by atoms with E-state index in [4.69, 9.17) is 5.73 Å². The molecule has 0 saturated carbocycles. The summed E-state index contributed by atoms with van der Waals surface area (Å²) < 4.78 is 29.3. The number of carbonyl (C=O) groups is 2. The lowest BCUT2D eigenvalue weighted by Gasteiger charge is -2.13. The van der Waals surface area contributed by atoms with E-state index in [2.05, 4.69) is 15.4 Å². The lowest BCUT2D eigenvalue weighted by Crippen LogP contribution is -2.37. The largest absolute Gasteiger partial charge is 0.453 e. The number of ether oxygens (including phenoxy) is 1. The zero-order valence-electron chi connectivity index (χ0n) is 14.7. The zero-order chi connectivity index (χ0) is 19.9.